The Labute approximate surface area is 250 Å². The molecule has 0 fully saturated rings. The average Bonchev–Trinajstić information content (AvgIpc) is 2.95. The monoisotopic (exact) mass is 615 g/mol. The first-order valence-electron chi connectivity index (χ1n) is 13.4. The molecule has 0 spiro atoms. The van der Waals surface area contributed by atoms with E-state index in [0.717, 1.165) is 5.56 Å². The predicted molar refractivity (Wildman–Crippen MR) is 160 cm³/mol. The largest absolute Gasteiger partial charge is 0.488 e. The number of carbonyl (C=O) groups excluding carboxylic acids is 1. The van der Waals surface area contributed by atoms with Gasteiger partial charge < -0.3 is 19.8 Å². The molecule has 0 unspecified atom stereocenters. The van der Waals surface area contributed by atoms with Crippen molar-refractivity contribution in [2.24, 2.45) is 5.92 Å². The Morgan fingerprint density at radius 1 is 1.14 bits per heavy atom. The minimum atomic E-state index is -3.95. The number of carboxylic acids is 1. The van der Waals surface area contributed by atoms with E-state index in [4.69, 9.17) is 21.4 Å². The van der Waals surface area contributed by atoms with Crippen molar-refractivity contribution in [3.05, 3.63) is 88.4 Å². The highest BCUT2D eigenvalue weighted by Crippen LogP contribution is 2.31. The van der Waals surface area contributed by atoms with Crippen LogP contribution in [0.5, 0.6) is 5.75 Å². The van der Waals surface area contributed by atoms with Crippen molar-refractivity contribution >= 4 is 39.2 Å². The molecule has 0 aromatic heterocycles. The number of aliphatic hydroxyl groups excluding tert-OH is 1. The van der Waals surface area contributed by atoms with Crippen LogP contribution in [-0.2, 0) is 16.6 Å². The van der Waals surface area contributed by atoms with Crippen LogP contribution in [-0.4, -0.2) is 79.2 Å². The van der Waals surface area contributed by atoms with Gasteiger partial charge in [-0.05, 0) is 74.1 Å². The van der Waals surface area contributed by atoms with Crippen molar-refractivity contribution in [3.8, 4) is 5.75 Å². The zero-order valence-electron chi connectivity index (χ0n) is 23.5. The Bertz CT molecular complexity index is 1530. The maximum atomic E-state index is 13.7. The number of halogens is 1. The Kier molecular flexibility index (Phi) is 9.78. The molecule has 224 valence electrons. The van der Waals surface area contributed by atoms with Crippen LogP contribution < -0.4 is 9.46 Å². The van der Waals surface area contributed by atoms with E-state index in [-0.39, 0.29) is 46.2 Å². The highest BCUT2D eigenvalue weighted by Gasteiger charge is 2.33. The standard InChI is InChI=1S/C30H34ClN3O7S/c1-19-15-34(20(2)18-35)29(36)26-14-24(32-42(39,40)25-11-8-23(31)9-12-25)10-13-27(26)41-28(19)17-33(3)16-21-4-6-22(7-5-21)30(37)38/h4-14,19-20,28,32,35H,15-18H2,1-3H3,(H,37,38)/t19-,20+,28-/m1/s1. The second kappa shape index (κ2) is 13.1. The molecule has 0 saturated heterocycles. The summed E-state index contributed by atoms with van der Waals surface area (Å²) in [4.78, 5) is 28.5. The predicted octanol–water partition coefficient (Wildman–Crippen LogP) is 4.19. The maximum absolute atomic E-state index is 13.7. The van der Waals surface area contributed by atoms with Gasteiger partial charge in [-0.3, -0.25) is 14.4 Å². The first kappa shape index (κ1) is 31.3. The molecular weight excluding hydrogens is 582 g/mol. The van der Waals surface area contributed by atoms with Crippen LogP contribution >= 0.6 is 11.6 Å². The Balaban J connectivity index is 1.60. The van der Waals surface area contributed by atoms with Gasteiger partial charge in [0.1, 0.15) is 11.9 Å². The number of hydrogen-bond donors (Lipinski definition) is 3. The second-order valence-corrected chi connectivity index (χ2v) is 12.7. The van der Waals surface area contributed by atoms with Crippen LogP contribution in [0.2, 0.25) is 5.02 Å². The molecule has 1 amide bonds. The lowest BCUT2D eigenvalue weighted by atomic mass is 9.99. The van der Waals surface area contributed by atoms with Gasteiger partial charge in [-0.15, -0.1) is 0 Å². The summed E-state index contributed by atoms with van der Waals surface area (Å²) in [6.07, 6.45) is -0.356. The number of sulfonamides is 1. The molecule has 3 atom stereocenters. The van der Waals surface area contributed by atoms with Gasteiger partial charge in [0.2, 0.25) is 0 Å². The number of anilines is 1. The Hall–Kier alpha value is -3.64. The summed E-state index contributed by atoms with van der Waals surface area (Å²) in [5, 5.41) is 19.5. The molecule has 10 nitrogen and oxygen atoms in total. The minimum absolute atomic E-state index is 0.0197. The van der Waals surface area contributed by atoms with Crippen LogP contribution in [0, 0.1) is 5.92 Å². The zero-order chi connectivity index (χ0) is 30.6. The Morgan fingerprint density at radius 2 is 1.81 bits per heavy atom. The lowest BCUT2D eigenvalue weighted by Crippen LogP contribution is -2.49. The van der Waals surface area contributed by atoms with E-state index in [1.807, 2.05) is 14.0 Å². The van der Waals surface area contributed by atoms with Crippen LogP contribution in [0.15, 0.2) is 71.6 Å². The van der Waals surface area contributed by atoms with Gasteiger partial charge in [-0.2, -0.15) is 0 Å². The van der Waals surface area contributed by atoms with E-state index < -0.39 is 22.0 Å². The van der Waals surface area contributed by atoms with E-state index in [0.29, 0.717) is 30.4 Å². The van der Waals surface area contributed by atoms with E-state index in [2.05, 4.69) is 9.62 Å². The summed E-state index contributed by atoms with van der Waals surface area (Å²) in [7, 11) is -2.03. The number of aliphatic hydroxyl groups is 1. The fraction of sp³-hybridized carbons (Fsp3) is 0.333. The number of fused-ring (bicyclic) bond motifs is 1. The molecule has 3 aromatic carbocycles. The lowest BCUT2D eigenvalue weighted by molar-refractivity contribution is 0.0341. The van der Waals surface area contributed by atoms with Crippen molar-refractivity contribution < 1.29 is 33.0 Å². The highest BCUT2D eigenvalue weighted by molar-refractivity contribution is 7.92. The number of rotatable bonds is 10. The first-order valence-corrected chi connectivity index (χ1v) is 15.3. The number of nitrogens with one attached hydrogen (secondary N) is 1. The molecule has 0 bridgehead atoms. The van der Waals surface area contributed by atoms with Crippen LogP contribution in [0.1, 0.15) is 40.1 Å². The third-order valence-corrected chi connectivity index (χ3v) is 8.84. The highest BCUT2D eigenvalue weighted by atomic mass is 35.5. The van der Waals surface area contributed by atoms with Gasteiger partial charge in [-0.1, -0.05) is 30.7 Å². The molecule has 0 radical (unpaired) electrons. The number of likely N-dealkylation sites (N-methyl/N-ethyl adjacent to an activating group) is 1. The number of nitrogens with zero attached hydrogens (tertiary/aromatic N) is 2. The summed E-state index contributed by atoms with van der Waals surface area (Å²) < 4.78 is 34.9. The van der Waals surface area contributed by atoms with Gasteiger partial charge in [0.05, 0.1) is 28.7 Å². The number of aromatic carboxylic acids is 1. The molecule has 0 aliphatic carbocycles. The fourth-order valence-electron chi connectivity index (χ4n) is 4.77. The molecule has 1 aliphatic rings. The van der Waals surface area contributed by atoms with Crippen LogP contribution in [0.3, 0.4) is 0 Å². The van der Waals surface area contributed by atoms with Crippen LogP contribution in [0.25, 0.3) is 0 Å². The molecule has 1 aliphatic heterocycles. The zero-order valence-corrected chi connectivity index (χ0v) is 25.1. The quantitative estimate of drug-likeness (QED) is 0.309. The summed E-state index contributed by atoms with van der Waals surface area (Å²) in [6, 6.07) is 16.5. The van der Waals surface area contributed by atoms with Gasteiger partial charge in [-0.25, -0.2) is 13.2 Å². The molecular formula is C30H34ClN3O7S. The topological polar surface area (TPSA) is 136 Å². The third-order valence-electron chi connectivity index (χ3n) is 7.19. The summed E-state index contributed by atoms with van der Waals surface area (Å²) >= 11 is 5.90. The van der Waals surface area contributed by atoms with Gasteiger partial charge in [0.25, 0.3) is 15.9 Å². The molecule has 3 N–H and O–H groups in total. The first-order chi connectivity index (χ1) is 19.9. The number of amides is 1. The fourth-order valence-corrected chi connectivity index (χ4v) is 5.94. The van der Waals surface area contributed by atoms with Gasteiger partial charge in [0.15, 0.2) is 0 Å². The van der Waals surface area contributed by atoms with Crippen molar-refractivity contribution in [1.82, 2.24) is 9.80 Å². The van der Waals surface area contributed by atoms with Crippen molar-refractivity contribution in [2.45, 2.75) is 37.4 Å². The number of carbonyl (C=O) groups is 2. The number of benzene rings is 3. The number of ether oxygens (including phenoxy) is 1. The normalized spacial score (nSPS) is 18.0. The van der Waals surface area contributed by atoms with Crippen LogP contribution in [0.4, 0.5) is 5.69 Å². The lowest BCUT2D eigenvalue weighted by Gasteiger charge is -2.38. The summed E-state index contributed by atoms with van der Waals surface area (Å²) in [5.41, 5.74) is 1.51. The van der Waals surface area contributed by atoms with E-state index in [9.17, 15) is 23.1 Å². The van der Waals surface area contributed by atoms with E-state index in [1.165, 1.54) is 36.4 Å². The summed E-state index contributed by atoms with van der Waals surface area (Å²) in [6.45, 7) is 4.83. The molecule has 42 heavy (non-hydrogen) atoms. The second-order valence-electron chi connectivity index (χ2n) is 10.6. The van der Waals surface area contributed by atoms with Gasteiger partial charge >= 0.3 is 5.97 Å². The van der Waals surface area contributed by atoms with E-state index >= 15 is 0 Å². The summed E-state index contributed by atoms with van der Waals surface area (Å²) in [5.74, 6) is -1.17. The Morgan fingerprint density at radius 3 is 2.43 bits per heavy atom. The molecule has 0 saturated carbocycles. The average molecular weight is 616 g/mol. The van der Waals surface area contributed by atoms with Crippen molar-refractivity contribution in [3.63, 3.8) is 0 Å². The molecule has 3 aromatic rings. The SMILES string of the molecule is C[C@@H]1CN([C@@H](C)CO)C(=O)c2cc(NS(=O)(=O)c3ccc(Cl)cc3)ccc2O[C@@H]1CN(C)Cc1ccc(C(=O)O)cc1. The number of hydrogen-bond acceptors (Lipinski definition) is 7. The third kappa shape index (κ3) is 7.40. The molecule has 1 heterocycles. The van der Waals surface area contributed by atoms with E-state index in [1.54, 1.807) is 42.2 Å². The smallest absolute Gasteiger partial charge is 0.335 e. The van der Waals surface area contributed by atoms with Gasteiger partial charge in [0, 0.05) is 36.3 Å². The molecule has 4 rings (SSSR count). The van der Waals surface area contributed by atoms with Crippen molar-refractivity contribution in [2.75, 3.05) is 31.5 Å². The maximum Gasteiger partial charge on any atom is 0.335 e. The van der Waals surface area contributed by atoms with Crippen molar-refractivity contribution in [1.29, 1.82) is 0 Å². The molecule has 12 heteroatoms. The minimum Gasteiger partial charge on any atom is -0.488 e. The number of carboxylic acid groups (broad SMARTS) is 1.